The molecule has 18 heavy (non-hydrogen) atoms. The van der Waals surface area contributed by atoms with E-state index in [0.29, 0.717) is 5.76 Å². The van der Waals surface area contributed by atoms with Crippen molar-refractivity contribution in [3.63, 3.8) is 0 Å². The zero-order valence-electron chi connectivity index (χ0n) is 9.51. The Morgan fingerprint density at radius 1 is 1.33 bits per heavy atom. The van der Waals surface area contributed by atoms with Crippen LogP contribution in [0.3, 0.4) is 0 Å². The highest BCUT2D eigenvalue weighted by Gasteiger charge is 2.26. The van der Waals surface area contributed by atoms with Gasteiger partial charge in [-0.2, -0.15) is 0 Å². The van der Waals surface area contributed by atoms with Gasteiger partial charge in [0.05, 0.1) is 11.3 Å². The molecule has 2 aromatic rings. The van der Waals surface area contributed by atoms with Crippen molar-refractivity contribution in [1.82, 2.24) is 0 Å². The molecule has 0 aliphatic heterocycles. The topological polar surface area (TPSA) is 59.4 Å². The molecule has 0 aliphatic rings. The largest absolute Gasteiger partial charge is 0.467 e. The molecule has 0 amide bonds. The van der Waals surface area contributed by atoms with E-state index in [9.17, 15) is 9.50 Å². The predicted molar refractivity (Wildman–Crippen MR) is 66.9 cm³/mol. The Kier molecular flexibility index (Phi) is 4.01. The van der Waals surface area contributed by atoms with Gasteiger partial charge < -0.3 is 15.3 Å². The van der Waals surface area contributed by atoms with Crippen LogP contribution in [-0.4, -0.2) is 11.7 Å². The Labute approximate surface area is 109 Å². The fraction of sp³-hybridized carbons (Fsp3) is 0.231. The van der Waals surface area contributed by atoms with E-state index in [1.165, 1.54) is 12.3 Å². The fourth-order valence-electron chi connectivity index (χ4n) is 1.89. The Hall–Kier alpha value is -1.36. The monoisotopic (exact) mass is 269 g/mol. The van der Waals surface area contributed by atoms with Crippen molar-refractivity contribution in [2.45, 2.75) is 12.0 Å². The van der Waals surface area contributed by atoms with Crippen molar-refractivity contribution in [2.24, 2.45) is 5.73 Å². The minimum absolute atomic E-state index is 0.0117. The van der Waals surface area contributed by atoms with Gasteiger partial charge >= 0.3 is 0 Å². The van der Waals surface area contributed by atoms with Crippen LogP contribution in [0.15, 0.2) is 41.0 Å². The fourth-order valence-corrected chi connectivity index (χ4v) is 2.07. The van der Waals surface area contributed by atoms with E-state index in [1.54, 1.807) is 24.3 Å². The summed E-state index contributed by atoms with van der Waals surface area (Å²) in [5.74, 6) is -0.806. The summed E-state index contributed by atoms with van der Waals surface area (Å²) < 4.78 is 19.0. The van der Waals surface area contributed by atoms with Gasteiger partial charge in [0.25, 0.3) is 0 Å². The quantitative estimate of drug-likeness (QED) is 0.897. The molecule has 0 bridgehead atoms. The smallest absolute Gasteiger partial charge is 0.145 e. The minimum atomic E-state index is -1.00. The Morgan fingerprint density at radius 2 is 2.11 bits per heavy atom. The molecule has 0 saturated carbocycles. The van der Waals surface area contributed by atoms with E-state index < -0.39 is 17.8 Å². The highest BCUT2D eigenvalue weighted by molar-refractivity contribution is 6.30. The first-order chi connectivity index (χ1) is 8.65. The number of hydrogen-bond donors (Lipinski definition) is 2. The van der Waals surface area contributed by atoms with Crippen molar-refractivity contribution in [1.29, 1.82) is 0 Å². The molecule has 0 saturated heterocycles. The summed E-state index contributed by atoms with van der Waals surface area (Å²) >= 11 is 5.72. The van der Waals surface area contributed by atoms with Gasteiger partial charge in [0, 0.05) is 12.5 Å². The summed E-state index contributed by atoms with van der Waals surface area (Å²) in [5.41, 5.74) is 5.91. The molecule has 3 N–H and O–H groups in total. The highest BCUT2D eigenvalue weighted by Crippen LogP contribution is 2.33. The lowest BCUT2D eigenvalue weighted by Crippen LogP contribution is -2.21. The first-order valence-electron chi connectivity index (χ1n) is 5.50. The third kappa shape index (κ3) is 2.41. The lowest BCUT2D eigenvalue weighted by Gasteiger charge is -2.21. The standard InChI is InChI=1S/C13H13ClFNO2/c14-10-4-1-3-8(12(10)15)9(7-16)13(17)11-5-2-6-18-11/h1-6,9,13,17H,7,16H2. The van der Waals surface area contributed by atoms with Crippen molar-refractivity contribution in [2.75, 3.05) is 6.54 Å². The van der Waals surface area contributed by atoms with Gasteiger partial charge in [-0.1, -0.05) is 23.7 Å². The van der Waals surface area contributed by atoms with Gasteiger partial charge in [0.1, 0.15) is 17.7 Å². The number of furan rings is 1. The molecule has 5 heteroatoms. The molecule has 3 nitrogen and oxygen atoms in total. The second-order valence-electron chi connectivity index (χ2n) is 3.95. The maximum atomic E-state index is 13.9. The molecule has 2 rings (SSSR count). The first kappa shape index (κ1) is 13.1. The van der Waals surface area contributed by atoms with Gasteiger partial charge in [-0.05, 0) is 23.8 Å². The van der Waals surface area contributed by atoms with E-state index in [-0.39, 0.29) is 17.1 Å². The summed E-state index contributed by atoms with van der Waals surface area (Å²) in [6, 6.07) is 7.91. The van der Waals surface area contributed by atoms with Gasteiger partial charge in [-0.25, -0.2) is 4.39 Å². The van der Waals surface area contributed by atoms with Crippen molar-refractivity contribution in [3.8, 4) is 0 Å². The average molecular weight is 270 g/mol. The SMILES string of the molecule is NCC(c1cccc(Cl)c1F)C(O)c1ccco1. The van der Waals surface area contributed by atoms with E-state index in [1.807, 2.05) is 0 Å². The Morgan fingerprint density at radius 3 is 2.72 bits per heavy atom. The number of rotatable bonds is 4. The molecule has 2 atom stereocenters. The maximum absolute atomic E-state index is 13.9. The number of nitrogens with two attached hydrogens (primary N) is 1. The van der Waals surface area contributed by atoms with Crippen molar-refractivity contribution >= 4 is 11.6 Å². The first-order valence-corrected chi connectivity index (χ1v) is 5.88. The molecule has 1 heterocycles. The number of aliphatic hydroxyl groups excluding tert-OH is 1. The number of halogens is 2. The molecule has 1 aromatic carbocycles. The lowest BCUT2D eigenvalue weighted by molar-refractivity contribution is 0.120. The van der Waals surface area contributed by atoms with Crippen LogP contribution in [-0.2, 0) is 0 Å². The highest BCUT2D eigenvalue weighted by atomic mass is 35.5. The van der Waals surface area contributed by atoms with Crippen LogP contribution in [0.5, 0.6) is 0 Å². The normalized spacial score (nSPS) is 14.4. The van der Waals surface area contributed by atoms with Gasteiger partial charge in [-0.3, -0.25) is 0 Å². The Bertz CT molecular complexity index is 516. The van der Waals surface area contributed by atoms with Crippen molar-refractivity contribution < 1.29 is 13.9 Å². The van der Waals surface area contributed by atoms with Gasteiger partial charge in [0.2, 0.25) is 0 Å². The summed E-state index contributed by atoms with van der Waals surface area (Å²) in [6.07, 6.45) is 0.443. The molecule has 96 valence electrons. The molecule has 0 spiro atoms. The second-order valence-corrected chi connectivity index (χ2v) is 4.35. The zero-order chi connectivity index (χ0) is 13.1. The lowest BCUT2D eigenvalue weighted by atomic mass is 9.91. The van der Waals surface area contributed by atoms with Gasteiger partial charge in [0.15, 0.2) is 0 Å². The van der Waals surface area contributed by atoms with Crippen LogP contribution in [0.25, 0.3) is 0 Å². The number of aliphatic hydroxyl groups is 1. The summed E-state index contributed by atoms with van der Waals surface area (Å²) in [4.78, 5) is 0. The molecule has 1 aromatic heterocycles. The Balaban J connectivity index is 2.36. The van der Waals surface area contributed by atoms with Crippen LogP contribution in [0, 0.1) is 5.82 Å². The zero-order valence-corrected chi connectivity index (χ0v) is 10.3. The van der Waals surface area contributed by atoms with Crippen molar-refractivity contribution in [3.05, 3.63) is 58.8 Å². The van der Waals surface area contributed by atoms with Crippen LogP contribution >= 0.6 is 11.6 Å². The molecular formula is C13H13ClFNO2. The maximum Gasteiger partial charge on any atom is 0.145 e. The third-order valence-corrected chi connectivity index (χ3v) is 3.14. The van der Waals surface area contributed by atoms with Crippen LogP contribution in [0.1, 0.15) is 23.3 Å². The predicted octanol–water partition coefficient (Wildman–Crippen LogP) is 2.85. The number of hydrogen-bond acceptors (Lipinski definition) is 3. The molecule has 0 fully saturated rings. The van der Waals surface area contributed by atoms with E-state index in [0.717, 1.165) is 0 Å². The average Bonchev–Trinajstić information content (AvgIpc) is 2.89. The minimum Gasteiger partial charge on any atom is -0.467 e. The summed E-state index contributed by atoms with van der Waals surface area (Å²) in [6.45, 7) is 0.0825. The molecule has 0 radical (unpaired) electrons. The summed E-state index contributed by atoms with van der Waals surface area (Å²) in [5, 5.41) is 10.2. The van der Waals surface area contributed by atoms with Gasteiger partial charge in [-0.15, -0.1) is 0 Å². The molecular weight excluding hydrogens is 257 g/mol. The third-order valence-electron chi connectivity index (χ3n) is 2.85. The molecule has 0 aliphatic carbocycles. The van der Waals surface area contributed by atoms with E-state index in [4.69, 9.17) is 21.8 Å². The van der Waals surface area contributed by atoms with Crippen LogP contribution in [0.2, 0.25) is 5.02 Å². The summed E-state index contributed by atoms with van der Waals surface area (Å²) in [7, 11) is 0. The van der Waals surface area contributed by atoms with Crippen LogP contribution in [0.4, 0.5) is 4.39 Å². The molecule has 2 unspecified atom stereocenters. The van der Waals surface area contributed by atoms with E-state index in [2.05, 4.69) is 0 Å². The number of benzene rings is 1. The second kappa shape index (κ2) is 5.52. The van der Waals surface area contributed by atoms with Crippen LogP contribution < -0.4 is 5.73 Å². The van der Waals surface area contributed by atoms with E-state index >= 15 is 0 Å².